The molecule has 1 aromatic heterocycles. The third-order valence-electron chi connectivity index (χ3n) is 3.45. The van der Waals surface area contributed by atoms with Gasteiger partial charge in [-0.2, -0.15) is 4.98 Å². The molecule has 6 nitrogen and oxygen atoms in total. The summed E-state index contributed by atoms with van der Waals surface area (Å²) in [5, 5.41) is 0. The monoisotopic (exact) mass is 338 g/mol. The van der Waals surface area contributed by atoms with E-state index in [9.17, 15) is 0 Å². The number of methoxy groups -OCH3 is 2. The van der Waals surface area contributed by atoms with Crippen LogP contribution in [0.15, 0.2) is 54.7 Å². The molecule has 128 valence electrons. The normalized spacial score (nSPS) is 10.2. The number of hydrogen-bond acceptors (Lipinski definition) is 6. The Bertz CT molecular complexity index is 833. The Kier molecular flexibility index (Phi) is 4.99. The van der Waals surface area contributed by atoms with Gasteiger partial charge >= 0.3 is 6.01 Å². The van der Waals surface area contributed by atoms with Gasteiger partial charge in [-0.05, 0) is 55.5 Å². The number of benzene rings is 2. The average Bonchev–Trinajstić information content (AvgIpc) is 2.66. The van der Waals surface area contributed by atoms with E-state index in [0.717, 1.165) is 17.1 Å². The lowest BCUT2D eigenvalue weighted by atomic mass is 10.3. The molecular weight excluding hydrogens is 320 g/mol. The van der Waals surface area contributed by atoms with Gasteiger partial charge < -0.3 is 18.9 Å². The Morgan fingerprint density at radius 1 is 0.680 bits per heavy atom. The lowest BCUT2D eigenvalue weighted by molar-refractivity contribution is 0.400. The van der Waals surface area contributed by atoms with Gasteiger partial charge in [-0.25, -0.2) is 4.98 Å². The Morgan fingerprint density at radius 2 is 1.16 bits per heavy atom. The van der Waals surface area contributed by atoms with Gasteiger partial charge in [0.1, 0.15) is 23.0 Å². The summed E-state index contributed by atoms with van der Waals surface area (Å²) in [4.78, 5) is 8.51. The summed E-state index contributed by atoms with van der Waals surface area (Å²) in [6.45, 7) is 1.87. The average molecular weight is 338 g/mol. The van der Waals surface area contributed by atoms with Gasteiger partial charge in [0.2, 0.25) is 5.88 Å². The molecule has 0 N–H and O–H groups in total. The highest BCUT2D eigenvalue weighted by molar-refractivity contribution is 5.36. The van der Waals surface area contributed by atoms with E-state index in [-0.39, 0.29) is 6.01 Å². The maximum Gasteiger partial charge on any atom is 0.325 e. The molecule has 0 unspecified atom stereocenters. The van der Waals surface area contributed by atoms with E-state index in [2.05, 4.69) is 9.97 Å². The Labute approximate surface area is 146 Å². The van der Waals surface area contributed by atoms with Crippen LogP contribution in [-0.4, -0.2) is 24.2 Å². The van der Waals surface area contributed by atoms with Gasteiger partial charge in [0.15, 0.2) is 0 Å². The van der Waals surface area contributed by atoms with Crippen molar-refractivity contribution >= 4 is 0 Å². The van der Waals surface area contributed by atoms with Crippen molar-refractivity contribution < 1.29 is 18.9 Å². The summed E-state index contributed by atoms with van der Waals surface area (Å²) >= 11 is 0. The Hall–Kier alpha value is -3.28. The van der Waals surface area contributed by atoms with Gasteiger partial charge in [0, 0.05) is 11.8 Å². The zero-order valence-electron chi connectivity index (χ0n) is 14.2. The Balaban J connectivity index is 1.76. The number of hydrogen-bond donors (Lipinski definition) is 0. The van der Waals surface area contributed by atoms with Crippen molar-refractivity contribution in [2.75, 3.05) is 14.2 Å². The van der Waals surface area contributed by atoms with Crippen molar-refractivity contribution in [3.8, 4) is 34.9 Å². The van der Waals surface area contributed by atoms with Crippen LogP contribution in [0.2, 0.25) is 0 Å². The van der Waals surface area contributed by atoms with Crippen LogP contribution >= 0.6 is 0 Å². The summed E-state index contributed by atoms with van der Waals surface area (Å²) in [5.41, 5.74) is 0.804. The smallest absolute Gasteiger partial charge is 0.325 e. The van der Waals surface area contributed by atoms with Crippen LogP contribution < -0.4 is 18.9 Å². The highest BCUT2D eigenvalue weighted by atomic mass is 16.5. The lowest BCUT2D eigenvalue weighted by Gasteiger charge is -2.10. The number of rotatable bonds is 6. The predicted octanol–water partition coefficient (Wildman–Crippen LogP) is 4.39. The highest BCUT2D eigenvalue weighted by Gasteiger charge is 2.09. The van der Waals surface area contributed by atoms with E-state index in [1.54, 1.807) is 44.7 Å². The zero-order valence-corrected chi connectivity index (χ0v) is 14.2. The number of nitrogens with zero attached hydrogens (tertiary/aromatic N) is 2. The molecule has 0 fully saturated rings. The van der Waals surface area contributed by atoms with Crippen molar-refractivity contribution in [2.45, 2.75) is 6.92 Å². The van der Waals surface area contributed by atoms with E-state index in [4.69, 9.17) is 18.9 Å². The molecule has 0 bridgehead atoms. The molecule has 0 aliphatic carbocycles. The topological polar surface area (TPSA) is 62.7 Å². The summed E-state index contributed by atoms with van der Waals surface area (Å²) in [6.07, 6.45) is 1.66. The molecule has 0 aliphatic heterocycles. The third kappa shape index (κ3) is 4.17. The number of ether oxygens (including phenoxy) is 4. The largest absolute Gasteiger partial charge is 0.497 e. The molecule has 1 heterocycles. The first-order valence-corrected chi connectivity index (χ1v) is 7.65. The molecule has 0 amide bonds. The van der Waals surface area contributed by atoms with Crippen LogP contribution in [0.5, 0.6) is 34.9 Å². The minimum absolute atomic E-state index is 0.208. The third-order valence-corrected chi connectivity index (χ3v) is 3.45. The van der Waals surface area contributed by atoms with Crippen LogP contribution in [0, 0.1) is 6.92 Å². The van der Waals surface area contributed by atoms with Crippen LogP contribution in [-0.2, 0) is 0 Å². The maximum absolute atomic E-state index is 5.82. The minimum atomic E-state index is 0.208. The van der Waals surface area contributed by atoms with E-state index in [1.165, 1.54) is 0 Å². The van der Waals surface area contributed by atoms with Crippen molar-refractivity contribution in [1.29, 1.82) is 0 Å². The first kappa shape index (κ1) is 16.6. The second kappa shape index (κ2) is 7.53. The van der Waals surface area contributed by atoms with E-state index in [0.29, 0.717) is 17.4 Å². The molecule has 0 saturated carbocycles. The summed E-state index contributed by atoms with van der Waals surface area (Å²) in [5.74, 6) is 3.21. The molecule has 3 aromatic rings. The van der Waals surface area contributed by atoms with Gasteiger partial charge in [0.25, 0.3) is 0 Å². The zero-order chi connectivity index (χ0) is 17.6. The van der Waals surface area contributed by atoms with Crippen molar-refractivity contribution in [2.24, 2.45) is 0 Å². The molecule has 0 saturated heterocycles. The van der Waals surface area contributed by atoms with E-state index >= 15 is 0 Å². The second-order valence-corrected chi connectivity index (χ2v) is 5.20. The standard InChI is InChI=1S/C19H18N2O4/c1-13-12-20-19(25-17-10-6-15(23-3)7-11-17)21-18(13)24-16-8-4-14(22-2)5-9-16/h4-12H,1-3H3. The van der Waals surface area contributed by atoms with E-state index in [1.807, 2.05) is 31.2 Å². The quantitative estimate of drug-likeness (QED) is 0.664. The van der Waals surface area contributed by atoms with Gasteiger partial charge in [-0.15, -0.1) is 0 Å². The maximum atomic E-state index is 5.82. The first-order valence-electron chi connectivity index (χ1n) is 7.65. The van der Waals surface area contributed by atoms with Crippen molar-refractivity contribution in [1.82, 2.24) is 9.97 Å². The SMILES string of the molecule is COc1ccc(Oc2ncc(C)c(Oc3ccc(OC)cc3)n2)cc1. The van der Waals surface area contributed by atoms with E-state index < -0.39 is 0 Å². The lowest BCUT2D eigenvalue weighted by Crippen LogP contribution is -1.97. The predicted molar refractivity (Wildman–Crippen MR) is 92.9 cm³/mol. The summed E-state index contributed by atoms with van der Waals surface area (Å²) < 4.78 is 21.7. The van der Waals surface area contributed by atoms with Gasteiger partial charge in [-0.1, -0.05) is 0 Å². The van der Waals surface area contributed by atoms with Crippen LogP contribution in [0.1, 0.15) is 5.56 Å². The fraction of sp³-hybridized carbons (Fsp3) is 0.158. The van der Waals surface area contributed by atoms with Crippen molar-refractivity contribution in [3.05, 3.63) is 60.3 Å². The second-order valence-electron chi connectivity index (χ2n) is 5.20. The molecule has 0 spiro atoms. The molecule has 6 heteroatoms. The van der Waals surface area contributed by atoms with Crippen molar-refractivity contribution in [3.63, 3.8) is 0 Å². The molecule has 25 heavy (non-hydrogen) atoms. The molecule has 0 aliphatic rings. The molecular formula is C19H18N2O4. The summed E-state index contributed by atoms with van der Waals surface area (Å²) in [7, 11) is 3.23. The molecule has 0 atom stereocenters. The van der Waals surface area contributed by atoms with Gasteiger partial charge in [0.05, 0.1) is 14.2 Å². The highest BCUT2D eigenvalue weighted by Crippen LogP contribution is 2.27. The van der Waals surface area contributed by atoms with Gasteiger partial charge in [-0.3, -0.25) is 0 Å². The van der Waals surface area contributed by atoms with Crippen LogP contribution in [0.25, 0.3) is 0 Å². The fourth-order valence-electron chi connectivity index (χ4n) is 2.07. The molecule has 2 aromatic carbocycles. The van der Waals surface area contributed by atoms with Crippen LogP contribution in [0.3, 0.4) is 0 Å². The molecule has 3 rings (SSSR count). The molecule has 0 radical (unpaired) electrons. The fourth-order valence-corrected chi connectivity index (χ4v) is 2.07. The number of aryl methyl sites for hydroxylation is 1. The minimum Gasteiger partial charge on any atom is -0.497 e. The van der Waals surface area contributed by atoms with Crippen LogP contribution in [0.4, 0.5) is 0 Å². The first-order chi connectivity index (χ1) is 12.2. The number of aromatic nitrogens is 2. The summed E-state index contributed by atoms with van der Waals surface area (Å²) in [6, 6.07) is 14.6. The Morgan fingerprint density at radius 3 is 1.68 bits per heavy atom.